The Bertz CT molecular complexity index is 601. The van der Waals surface area contributed by atoms with Crippen molar-refractivity contribution >= 4 is 23.2 Å². The van der Waals surface area contributed by atoms with E-state index in [1.807, 2.05) is 27.7 Å². The van der Waals surface area contributed by atoms with Gasteiger partial charge in [-0.05, 0) is 62.6 Å². The van der Waals surface area contributed by atoms with Gasteiger partial charge in [0.05, 0.1) is 6.04 Å². The number of nitrogens with one attached hydrogen (secondary N) is 2. The zero-order valence-electron chi connectivity index (χ0n) is 17.8. The molecule has 6 nitrogen and oxygen atoms in total. The van der Waals surface area contributed by atoms with Crippen LogP contribution < -0.4 is 22.1 Å². The number of carbonyl (C=O) groups excluding carboxylic acids is 2. The lowest BCUT2D eigenvalue weighted by molar-refractivity contribution is -0.130. The van der Waals surface area contributed by atoms with E-state index in [9.17, 15) is 9.59 Å². The summed E-state index contributed by atoms with van der Waals surface area (Å²) >= 11 is 1.77. The molecule has 0 aliphatic heterocycles. The van der Waals surface area contributed by atoms with Crippen molar-refractivity contribution in [2.45, 2.75) is 71.9 Å². The molecule has 0 saturated heterocycles. The number of amides is 2. The molecule has 160 valence electrons. The summed E-state index contributed by atoms with van der Waals surface area (Å²) in [6.45, 7) is 9.38. The summed E-state index contributed by atoms with van der Waals surface area (Å²) in [7, 11) is 0. The summed E-state index contributed by atoms with van der Waals surface area (Å²) in [5, 5.41) is 5.81. The summed E-state index contributed by atoms with van der Waals surface area (Å²) in [5.74, 6) is 0.231. The van der Waals surface area contributed by atoms with Gasteiger partial charge in [0, 0.05) is 16.3 Å². The lowest BCUT2D eigenvalue weighted by atomic mass is 10.0. The smallest absolute Gasteiger partial charge is 0.242 e. The number of nitrogens with two attached hydrogens (primary N) is 2. The van der Waals surface area contributed by atoms with Crippen molar-refractivity contribution in [3.63, 3.8) is 0 Å². The third kappa shape index (κ3) is 9.66. The molecule has 2 atom stereocenters. The molecule has 1 aromatic heterocycles. The maximum atomic E-state index is 12.6. The molecule has 0 aliphatic carbocycles. The second-order valence-corrected chi connectivity index (χ2v) is 9.48. The number of carbonyl (C=O) groups is 2. The van der Waals surface area contributed by atoms with Crippen molar-refractivity contribution in [2.75, 3.05) is 13.1 Å². The highest BCUT2D eigenvalue weighted by atomic mass is 32.1. The van der Waals surface area contributed by atoms with Crippen molar-refractivity contribution in [3.8, 4) is 0 Å². The Hall–Kier alpha value is -1.44. The van der Waals surface area contributed by atoms with Crippen molar-refractivity contribution < 1.29 is 9.59 Å². The number of thiophene rings is 1. The molecule has 0 fully saturated rings. The van der Waals surface area contributed by atoms with Gasteiger partial charge in [-0.1, -0.05) is 27.7 Å². The first-order valence-electron chi connectivity index (χ1n) is 10.3. The average molecular weight is 411 g/mol. The van der Waals surface area contributed by atoms with E-state index in [0.29, 0.717) is 37.8 Å². The second kappa shape index (κ2) is 12.9. The first kappa shape index (κ1) is 24.6. The molecule has 0 bridgehead atoms. The van der Waals surface area contributed by atoms with Gasteiger partial charge in [0.2, 0.25) is 11.8 Å². The summed E-state index contributed by atoms with van der Waals surface area (Å²) in [5.41, 5.74) is 11.5. The van der Waals surface area contributed by atoms with Crippen LogP contribution in [-0.4, -0.2) is 37.0 Å². The van der Waals surface area contributed by atoms with Crippen LogP contribution in [0.2, 0.25) is 0 Å². The van der Waals surface area contributed by atoms with Gasteiger partial charge < -0.3 is 22.1 Å². The number of rotatable bonds is 13. The van der Waals surface area contributed by atoms with E-state index in [2.05, 4.69) is 22.8 Å². The molecule has 2 amide bonds. The fraction of sp³-hybridized carbons (Fsp3) is 0.714. The predicted octanol–water partition coefficient (Wildman–Crippen LogP) is 2.20. The van der Waals surface area contributed by atoms with E-state index >= 15 is 0 Å². The lowest BCUT2D eigenvalue weighted by Gasteiger charge is -2.22. The van der Waals surface area contributed by atoms with Gasteiger partial charge in [-0.3, -0.25) is 9.59 Å². The summed E-state index contributed by atoms with van der Waals surface area (Å²) < 4.78 is 0. The first-order valence-corrected chi connectivity index (χ1v) is 11.2. The topological polar surface area (TPSA) is 110 Å². The van der Waals surface area contributed by atoms with Crippen LogP contribution in [0, 0.1) is 11.8 Å². The van der Waals surface area contributed by atoms with Gasteiger partial charge in [-0.2, -0.15) is 0 Å². The predicted molar refractivity (Wildman–Crippen MR) is 117 cm³/mol. The van der Waals surface area contributed by atoms with Crippen LogP contribution in [-0.2, 0) is 22.4 Å². The van der Waals surface area contributed by atoms with E-state index in [4.69, 9.17) is 11.5 Å². The summed E-state index contributed by atoms with van der Waals surface area (Å²) in [6, 6.07) is 3.12. The molecule has 7 heteroatoms. The van der Waals surface area contributed by atoms with Crippen LogP contribution in [0.25, 0.3) is 0 Å². The Morgan fingerprint density at radius 1 is 1.00 bits per heavy atom. The highest BCUT2D eigenvalue weighted by molar-refractivity contribution is 7.11. The minimum absolute atomic E-state index is 0.140. The van der Waals surface area contributed by atoms with Gasteiger partial charge in [0.25, 0.3) is 0 Å². The van der Waals surface area contributed by atoms with Gasteiger partial charge in [0.1, 0.15) is 6.04 Å². The Kier molecular flexibility index (Phi) is 11.3. The molecule has 0 saturated carbocycles. The third-order valence-corrected chi connectivity index (χ3v) is 5.62. The number of aryl methyl sites for hydroxylation is 1. The quantitative estimate of drug-likeness (QED) is 0.399. The highest BCUT2D eigenvalue weighted by Crippen LogP contribution is 2.18. The Morgan fingerprint density at radius 3 is 2.18 bits per heavy atom. The largest absolute Gasteiger partial charge is 0.354 e. The first-order chi connectivity index (χ1) is 13.2. The van der Waals surface area contributed by atoms with Crippen molar-refractivity contribution in [3.05, 3.63) is 21.9 Å². The molecule has 0 aliphatic rings. The molecule has 1 heterocycles. The second-order valence-electron chi connectivity index (χ2n) is 8.23. The van der Waals surface area contributed by atoms with E-state index < -0.39 is 12.1 Å². The number of hydrogen-bond acceptors (Lipinski definition) is 5. The van der Waals surface area contributed by atoms with Crippen LogP contribution in [0.1, 0.15) is 56.7 Å². The van der Waals surface area contributed by atoms with Gasteiger partial charge in [-0.25, -0.2) is 0 Å². The van der Waals surface area contributed by atoms with Crippen molar-refractivity contribution in [1.82, 2.24) is 10.6 Å². The molecule has 0 spiro atoms. The summed E-state index contributed by atoms with van der Waals surface area (Å²) in [4.78, 5) is 27.5. The maximum Gasteiger partial charge on any atom is 0.242 e. The minimum atomic E-state index is -0.583. The molecule has 1 aromatic rings. The number of hydrogen-bond donors (Lipinski definition) is 4. The van der Waals surface area contributed by atoms with Crippen molar-refractivity contribution in [1.29, 1.82) is 0 Å². The van der Waals surface area contributed by atoms with E-state index in [1.165, 1.54) is 9.75 Å². The monoisotopic (exact) mass is 410 g/mol. The zero-order valence-corrected chi connectivity index (χ0v) is 18.6. The van der Waals surface area contributed by atoms with Crippen LogP contribution in [0.4, 0.5) is 0 Å². The molecular formula is C21H38N4O2S. The van der Waals surface area contributed by atoms with E-state index in [-0.39, 0.29) is 11.8 Å². The maximum absolute atomic E-state index is 12.6. The lowest BCUT2D eigenvalue weighted by Crippen LogP contribution is -2.52. The van der Waals surface area contributed by atoms with E-state index in [1.54, 1.807) is 11.3 Å². The van der Waals surface area contributed by atoms with E-state index in [0.717, 1.165) is 19.3 Å². The Labute approximate surface area is 173 Å². The molecule has 0 unspecified atom stereocenters. The van der Waals surface area contributed by atoms with Crippen LogP contribution >= 0.6 is 11.3 Å². The Balaban J connectivity index is 2.52. The fourth-order valence-corrected chi connectivity index (χ4v) is 4.06. The van der Waals surface area contributed by atoms with Gasteiger partial charge in [0.15, 0.2) is 0 Å². The fourth-order valence-electron chi connectivity index (χ4n) is 3.00. The van der Waals surface area contributed by atoms with Crippen LogP contribution in [0.5, 0.6) is 0 Å². The molecule has 28 heavy (non-hydrogen) atoms. The third-order valence-electron chi connectivity index (χ3n) is 4.42. The standard InChI is InChI=1S/C21H38N4O2S/c1-14(2)12-18(23)20(26)25-19(13-15(3)4)21(27)24-11-9-17-8-7-16(28-17)6-5-10-22/h7-8,14-15,18-19H,5-6,9-13,22-23H2,1-4H3,(H,24,27)(H,25,26)/t18-,19-/m0/s1. The molecular weight excluding hydrogens is 372 g/mol. The highest BCUT2D eigenvalue weighted by Gasteiger charge is 2.24. The van der Waals surface area contributed by atoms with Gasteiger partial charge in [-0.15, -0.1) is 11.3 Å². The zero-order chi connectivity index (χ0) is 21.1. The molecule has 6 N–H and O–H groups in total. The normalized spacial score (nSPS) is 13.6. The average Bonchev–Trinajstić information content (AvgIpc) is 3.05. The SMILES string of the molecule is CC(C)C[C@H](NC(=O)[C@@H](N)CC(C)C)C(=O)NCCc1ccc(CCCN)s1. The minimum Gasteiger partial charge on any atom is -0.354 e. The van der Waals surface area contributed by atoms with Gasteiger partial charge >= 0.3 is 0 Å². The molecule has 0 radical (unpaired) electrons. The molecule has 0 aromatic carbocycles. The van der Waals surface area contributed by atoms with Crippen LogP contribution in [0.3, 0.4) is 0 Å². The molecule has 1 rings (SSSR count). The van der Waals surface area contributed by atoms with Crippen LogP contribution in [0.15, 0.2) is 12.1 Å². The Morgan fingerprint density at radius 2 is 1.61 bits per heavy atom. The summed E-state index contributed by atoms with van der Waals surface area (Å²) in [6.07, 6.45) is 3.98. The van der Waals surface area contributed by atoms with Crippen molar-refractivity contribution in [2.24, 2.45) is 23.3 Å².